The lowest BCUT2D eigenvalue weighted by Gasteiger charge is -2.32. The number of hydrogen-bond acceptors (Lipinski definition) is 4. The zero-order valence-electron chi connectivity index (χ0n) is 10.3. The third-order valence-electron chi connectivity index (χ3n) is 2.89. The minimum Gasteiger partial charge on any atom is -0.399 e. The predicted molar refractivity (Wildman–Crippen MR) is 64.9 cm³/mol. The molecule has 2 N–H and O–H groups in total. The molecule has 0 spiro atoms. The molecule has 1 atom stereocenters. The van der Waals surface area contributed by atoms with E-state index in [2.05, 4.69) is 0 Å². The van der Waals surface area contributed by atoms with E-state index in [1.165, 1.54) is 0 Å². The topological polar surface area (TPSA) is 72.6 Å². The highest BCUT2D eigenvalue weighted by Crippen LogP contribution is 2.27. The van der Waals surface area contributed by atoms with Gasteiger partial charge in [-0.25, -0.2) is 17.2 Å². The summed E-state index contributed by atoms with van der Waals surface area (Å²) in [5.41, 5.74) is 5.11. The summed E-state index contributed by atoms with van der Waals surface area (Å²) in [6.07, 6.45) is 0. The summed E-state index contributed by atoms with van der Waals surface area (Å²) in [5.74, 6) is -2.37. The van der Waals surface area contributed by atoms with Crippen molar-refractivity contribution in [2.75, 3.05) is 25.5 Å². The molecule has 0 aliphatic carbocycles. The van der Waals surface area contributed by atoms with Crippen LogP contribution in [0.1, 0.15) is 6.92 Å². The number of halogens is 2. The molecule has 1 saturated heterocycles. The Morgan fingerprint density at radius 2 is 1.95 bits per heavy atom. The molecular formula is C11H14F2N2O3S. The van der Waals surface area contributed by atoms with Crippen molar-refractivity contribution in [1.29, 1.82) is 0 Å². The molecule has 0 amide bonds. The van der Waals surface area contributed by atoms with E-state index >= 15 is 0 Å². The third-order valence-corrected chi connectivity index (χ3v) is 4.96. The van der Waals surface area contributed by atoms with Gasteiger partial charge in [-0.05, 0) is 19.1 Å². The summed E-state index contributed by atoms with van der Waals surface area (Å²) < 4.78 is 58.2. The number of nitrogens with zero attached hydrogens (tertiary/aromatic N) is 1. The number of nitrogens with two attached hydrogens (primary N) is 1. The van der Waals surface area contributed by atoms with Crippen LogP contribution in [0, 0.1) is 11.6 Å². The molecule has 1 heterocycles. The van der Waals surface area contributed by atoms with Crippen LogP contribution in [0.5, 0.6) is 0 Å². The lowest BCUT2D eigenvalue weighted by atomic mass is 10.3. The molecule has 8 heteroatoms. The van der Waals surface area contributed by atoms with Gasteiger partial charge in [-0.15, -0.1) is 0 Å². The second-order valence-corrected chi connectivity index (χ2v) is 6.18. The summed E-state index contributed by atoms with van der Waals surface area (Å²) in [6, 6.07) is 1.11. The van der Waals surface area contributed by atoms with Crippen LogP contribution in [-0.4, -0.2) is 38.5 Å². The fourth-order valence-corrected chi connectivity index (χ4v) is 3.71. The molecule has 1 aliphatic rings. The second-order valence-electron chi connectivity index (χ2n) is 4.35. The Hall–Kier alpha value is -1.25. The Morgan fingerprint density at radius 3 is 2.47 bits per heavy atom. The highest BCUT2D eigenvalue weighted by Gasteiger charge is 2.35. The molecule has 0 aromatic heterocycles. The Kier molecular flexibility index (Phi) is 3.75. The van der Waals surface area contributed by atoms with Crippen LogP contribution in [0.4, 0.5) is 14.5 Å². The molecule has 1 aromatic carbocycles. The fourth-order valence-electron chi connectivity index (χ4n) is 2.01. The molecule has 106 valence electrons. The highest BCUT2D eigenvalue weighted by molar-refractivity contribution is 7.89. The van der Waals surface area contributed by atoms with E-state index in [-0.39, 0.29) is 25.4 Å². The summed E-state index contributed by atoms with van der Waals surface area (Å²) in [6.45, 7) is 2.07. The van der Waals surface area contributed by atoms with Gasteiger partial charge in [-0.1, -0.05) is 0 Å². The van der Waals surface area contributed by atoms with E-state index in [4.69, 9.17) is 10.5 Å². The number of hydrogen-bond donors (Lipinski definition) is 1. The van der Waals surface area contributed by atoms with Gasteiger partial charge in [0.2, 0.25) is 10.0 Å². The number of sulfonamides is 1. The molecule has 1 aromatic rings. The summed E-state index contributed by atoms with van der Waals surface area (Å²) in [7, 11) is -4.24. The molecule has 1 fully saturated rings. The lowest BCUT2D eigenvalue weighted by Crippen LogP contribution is -2.47. The van der Waals surface area contributed by atoms with E-state index in [0.717, 1.165) is 16.4 Å². The van der Waals surface area contributed by atoms with Crippen LogP contribution in [0.25, 0.3) is 0 Å². The van der Waals surface area contributed by atoms with E-state index in [0.29, 0.717) is 0 Å². The van der Waals surface area contributed by atoms with Gasteiger partial charge in [0.05, 0.1) is 13.2 Å². The average molecular weight is 292 g/mol. The quantitative estimate of drug-likeness (QED) is 0.824. The van der Waals surface area contributed by atoms with Gasteiger partial charge >= 0.3 is 0 Å². The Balaban J connectivity index is 2.50. The molecule has 1 aliphatic heterocycles. The van der Waals surface area contributed by atoms with Crippen LogP contribution < -0.4 is 5.73 Å². The predicted octanol–water partition coefficient (Wildman–Crippen LogP) is 0.956. The number of rotatable bonds is 2. The van der Waals surface area contributed by atoms with E-state index in [1.807, 2.05) is 0 Å². The maximum absolute atomic E-state index is 13.7. The van der Waals surface area contributed by atoms with Crippen LogP contribution in [0.3, 0.4) is 0 Å². The van der Waals surface area contributed by atoms with Crippen molar-refractivity contribution in [3.8, 4) is 0 Å². The summed E-state index contributed by atoms with van der Waals surface area (Å²) in [5, 5.41) is 0. The fraction of sp³-hybridized carbons (Fsp3) is 0.455. The smallest absolute Gasteiger partial charge is 0.249 e. The van der Waals surface area contributed by atoms with E-state index in [9.17, 15) is 17.2 Å². The van der Waals surface area contributed by atoms with Crippen molar-refractivity contribution in [1.82, 2.24) is 4.31 Å². The van der Waals surface area contributed by atoms with E-state index in [1.54, 1.807) is 6.92 Å². The SMILES string of the molecule is C[C@@H]1COCCN1S(=O)(=O)c1c(F)cc(N)cc1F. The standard InChI is InChI=1S/C11H14F2N2O3S/c1-7-6-18-3-2-15(7)19(16,17)11-9(12)4-8(14)5-10(11)13/h4-5,7H,2-3,6,14H2,1H3/t7-/m1/s1. The van der Waals surface area contributed by atoms with Crippen LogP contribution >= 0.6 is 0 Å². The molecule has 19 heavy (non-hydrogen) atoms. The van der Waals surface area contributed by atoms with Crippen LogP contribution in [0.2, 0.25) is 0 Å². The van der Waals surface area contributed by atoms with Crippen LogP contribution in [0.15, 0.2) is 17.0 Å². The van der Waals surface area contributed by atoms with Gasteiger partial charge in [0.25, 0.3) is 0 Å². The minimum atomic E-state index is -4.24. The van der Waals surface area contributed by atoms with Crippen molar-refractivity contribution >= 4 is 15.7 Å². The van der Waals surface area contributed by atoms with Crippen molar-refractivity contribution < 1.29 is 21.9 Å². The monoisotopic (exact) mass is 292 g/mol. The van der Waals surface area contributed by atoms with Crippen molar-refractivity contribution in [2.24, 2.45) is 0 Å². The normalized spacial score (nSPS) is 21.5. The minimum absolute atomic E-state index is 0.0623. The summed E-state index contributed by atoms with van der Waals surface area (Å²) >= 11 is 0. The first-order valence-electron chi connectivity index (χ1n) is 5.68. The second kappa shape index (κ2) is 5.03. The molecule has 0 radical (unpaired) electrons. The van der Waals surface area contributed by atoms with Gasteiger partial charge in [0, 0.05) is 18.3 Å². The van der Waals surface area contributed by atoms with Crippen LogP contribution in [-0.2, 0) is 14.8 Å². The number of anilines is 1. The Morgan fingerprint density at radius 1 is 1.37 bits per heavy atom. The zero-order valence-corrected chi connectivity index (χ0v) is 11.1. The van der Waals surface area contributed by atoms with Crippen molar-refractivity contribution in [3.05, 3.63) is 23.8 Å². The first kappa shape index (κ1) is 14.2. The van der Waals surface area contributed by atoms with Gasteiger partial charge in [0.1, 0.15) is 11.6 Å². The summed E-state index contributed by atoms with van der Waals surface area (Å²) in [4.78, 5) is -0.963. The first-order valence-corrected chi connectivity index (χ1v) is 7.12. The van der Waals surface area contributed by atoms with Gasteiger partial charge in [0.15, 0.2) is 4.90 Å². The maximum atomic E-state index is 13.7. The molecule has 0 bridgehead atoms. The van der Waals surface area contributed by atoms with Crippen molar-refractivity contribution in [3.63, 3.8) is 0 Å². The number of morpholine rings is 1. The first-order chi connectivity index (χ1) is 8.84. The van der Waals surface area contributed by atoms with Gasteiger partial charge in [-0.3, -0.25) is 0 Å². The highest BCUT2D eigenvalue weighted by atomic mass is 32.2. The largest absolute Gasteiger partial charge is 0.399 e. The number of ether oxygens (including phenoxy) is 1. The third kappa shape index (κ3) is 2.56. The van der Waals surface area contributed by atoms with Crippen molar-refractivity contribution in [2.45, 2.75) is 17.9 Å². The lowest BCUT2D eigenvalue weighted by molar-refractivity contribution is 0.0391. The van der Waals surface area contributed by atoms with Gasteiger partial charge in [-0.2, -0.15) is 4.31 Å². The van der Waals surface area contributed by atoms with Gasteiger partial charge < -0.3 is 10.5 Å². The number of nitrogen functional groups attached to an aromatic ring is 1. The number of benzene rings is 1. The molecule has 0 saturated carbocycles. The van der Waals surface area contributed by atoms with E-state index < -0.39 is 32.6 Å². The molecule has 2 rings (SSSR count). The zero-order chi connectivity index (χ0) is 14.2. The maximum Gasteiger partial charge on any atom is 0.249 e. The average Bonchev–Trinajstić information content (AvgIpc) is 2.27. The Bertz CT molecular complexity index is 569. The molecule has 5 nitrogen and oxygen atoms in total. The Labute approximate surface area is 110 Å². The molecule has 0 unspecified atom stereocenters. The molecular weight excluding hydrogens is 278 g/mol.